The van der Waals surface area contributed by atoms with E-state index in [-0.39, 0.29) is 5.91 Å². The van der Waals surface area contributed by atoms with Gasteiger partial charge in [-0.05, 0) is 54.3 Å². The van der Waals surface area contributed by atoms with Gasteiger partial charge in [-0.25, -0.2) is 0 Å². The lowest BCUT2D eigenvalue weighted by Gasteiger charge is -2.13. The Kier molecular flexibility index (Phi) is 6.26. The van der Waals surface area contributed by atoms with Crippen LogP contribution in [0.5, 0.6) is 5.75 Å². The van der Waals surface area contributed by atoms with Gasteiger partial charge in [0.15, 0.2) is 0 Å². The smallest absolute Gasteiger partial charge is 0.256 e. The molecule has 2 aromatic carbocycles. The average molecular weight is 379 g/mol. The lowest BCUT2D eigenvalue weighted by molar-refractivity contribution is -0.111. The first-order chi connectivity index (χ1) is 13.6. The molecule has 2 aromatic rings. The minimum absolute atomic E-state index is 0.224. The van der Waals surface area contributed by atoms with Crippen molar-refractivity contribution in [3.05, 3.63) is 53.1 Å². The molecule has 1 aliphatic heterocycles. The van der Waals surface area contributed by atoms with E-state index in [1.165, 1.54) is 0 Å². The normalized spacial score (nSPS) is 14.5. The number of benzene rings is 2. The van der Waals surface area contributed by atoms with Gasteiger partial charge in [0, 0.05) is 37.0 Å². The maximum Gasteiger partial charge on any atom is 0.256 e. The molecule has 0 saturated heterocycles. The van der Waals surface area contributed by atoms with Crippen LogP contribution in [0.25, 0.3) is 16.7 Å². The number of amides is 1. The van der Waals surface area contributed by atoms with Crippen LogP contribution >= 0.6 is 0 Å². The van der Waals surface area contributed by atoms with Gasteiger partial charge in [0.2, 0.25) is 0 Å². The van der Waals surface area contributed by atoms with Crippen molar-refractivity contribution >= 4 is 23.5 Å². The van der Waals surface area contributed by atoms with Crippen molar-refractivity contribution in [1.82, 2.24) is 0 Å². The highest BCUT2D eigenvalue weighted by Crippen LogP contribution is 2.39. The standard InChI is InChI=1S/C23H25NO4/c1-4-16-12-21-20(22(15(2)14-25)23(26)24-21)13-19(16)17-6-8-18(9-7-17)28-11-5-10-27-3/h6-9,12-14H,4-5,10-11H2,1-3H3,(H,24,26)/b22-15+. The van der Waals surface area contributed by atoms with Crippen molar-refractivity contribution in [1.29, 1.82) is 0 Å². The maximum atomic E-state index is 12.3. The van der Waals surface area contributed by atoms with Crippen LogP contribution in [0, 0.1) is 0 Å². The fourth-order valence-electron chi connectivity index (χ4n) is 3.40. The average Bonchev–Trinajstić information content (AvgIpc) is 3.04. The van der Waals surface area contributed by atoms with Crippen LogP contribution in [0.3, 0.4) is 0 Å². The number of carbonyl (C=O) groups excluding carboxylic acids is 2. The number of hydrogen-bond donors (Lipinski definition) is 1. The summed E-state index contributed by atoms with van der Waals surface area (Å²) >= 11 is 0. The van der Waals surface area contributed by atoms with E-state index in [1.807, 2.05) is 36.4 Å². The van der Waals surface area contributed by atoms with E-state index in [9.17, 15) is 9.59 Å². The Hall–Kier alpha value is -2.92. The molecule has 1 amide bonds. The molecule has 1 N–H and O–H groups in total. The second-order valence-corrected chi connectivity index (χ2v) is 6.76. The molecule has 0 fully saturated rings. The number of rotatable bonds is 8. The Morgan fingerprint density at radius 3 is 2.50 bits per heavy atom. The number of hydrogen-bond acceptors (Lipinski definition) is 4. The maximum absolute atomic E-state index is 12.3. The molecule has 3 rings (SSSR count). The summed E-state index contributed by atoms with van der Waals surface area (Å²) in [6.07, 6.45) is 2.40. The third kappa shape index (κ3) is 3.99. The van der Waals surface area contributed by atoms with E-state index in [0.717, 1.165) is 52.8 Å². The summed E-state index contributed by atoms with van der Waals surface area (Å²) in [5, 5.41) is 2.87. The molecule has 0 aromatic heterocycles. The highest BCUT2D eigenvalue weighted by Gasteiger charge is 2.27. The summed E-state index contributed by atoms with van der Waals surface area (Å²) in [6.45, 7) is 5.04. The van der Waals surface area contributed by atoms with E-state index >= 15 is 0 Å². The van der Waals surface area contributed by atoms with Crippen LogP contribution in [0.15, 0.2) is 42.0 Å². The summed E-state index contributed by atoms with van der Waals surface area (Å²) in [7, 11) is 1.68. The molecule has 1 heterocycles. The van der Waals surface area contributed by atoms with Crippen molar-refractivity contribution in [2.45, 2.75) is 26.7 Å². The number of fused-ring (bicyclic) bond motifs is 1. The third-order valence-corrected chi connectivity index (χ3v) is 4.87. The van der Waals surface area contributed by atoms with E-state index in [4.69, 9.17) is 9.47 Å². The summed E-state index contributed by atoms with van der Waals surface area (Å²) in [6, 6.07) is 11.9. The topological polar surface area (TPSA) is 64.6 Å². The molecular weight excluding hydrogens is 354 g/mol. The van der Waals surface area contributed by atoms with Crippen LogP contribution < -0.4 is 10.1 Å². The van der Waals surface area contributed by atoms with Gasteiger partial charge in [-0.3, -0.25) is 9.59 Å². The van der Waals surface area contributed by atoms with Gasteiger partial charge < -0.3 is 14.8 Å². The zero-order valence-electron chi connectivity index (χ0n) is 16.5. The van der Waals surface area contributed by atoms with Crippen LogP contribution in [-0.4, -0.2) is 32.5 Å². The molecule has 0 saturated carbocycles. The van der Waals surface area contributed by atoms with E-state index in [2.05, 4.69) is 12.2 Å². The Labute approximate surface area is 165 Å². The number of aldehydes is 1. The first kappa shape index (κ1) is 19.8. The molecule has 0 radical (unpaired) electrons. The highest BCUT2D eigenvalue weighted by atomic mass is 16.5. The Morgan fingerprint density at radius 2 is 1.86 bits per heavy atom. The summed E-state index contributed by atoms with van der Waals surface area (Å²) in [5.74, 6) is 0.590. The van der Waals surface area contributed by atoms with Gasteiger partial charge in [0.25, 0.3) is 5.91 Å². The van der Waals surface area contributed by atoms with E-state index < -0.39 is 0 Å². The molecule has 0 aliphatic carbocycles. The van der Waals surface area contributed by atoms with Gasteiger partial charge in [0.05, 0.1) is 12.2 Å². The van der Waals surface area contributed by atoms with Crippen molar-refractivity contribution in [2.24, 2.45) is 0 Å². The molecule has 28 heavy (non-hydrogen) atoms. The summed E-state index contributed by atoms with van der Waals surface area (Å²) < 4.78 is 10.8. The number of anilines is 1. The van der Waals surface area contributed by atoms with Crippen LogP contribution in [-0.2, 0) is 20.7 Å². The predicted molar refractivity (Wildman–Crippen MR) is 111 cm³/mol. The van der Waals surface area contributed by atoms with Crippen molar-refractivity contribution < 1.29 is 19.1 Å². The molecule has 5 nitrogen and oxygen atoms in total. The molecule has 0 unspecified atom stereocenters. The van der Waals surface area contributed by atoms with Gasteiger partial charge in [-0.1, -0.05) is 19.1 Å². The lowest BCUT2D eigenvalue weighted by Crippen LogP contribution is -2.05. The van der Waals surface area contributed by atoms with Gasteiger partial charge >= 0.3 is 0 Å². The first-order valence-electron chi connectivity index (χ1n) is 9.45. The van der Waals surface area contributed by atoms with Crippen LogP contribution in [0.1, 0.15) is 31.4 Å². The minimum atomic E-state index is -0.224. The molecular formula is C23H25NO4. The van der Waals surface area contributed by atoms with Gasteiger partial charge in [-0.15, -0.1) is 0 Å². The highest BCUT2D eigenvalue weighted by molar-refractivity contribution is 6.34. The molecule has 0 spiro atoms. The zero-order valence-corrected chi connectivity index (χ0v) is 16.5. The van der Waals surface area contributed by atoms with Crippen LogP contribution in [0.4, 0.5) is 5.69 Å². The second-order valence-electron chi connectivity index (χ2n) is 6.76. The summed E-state index contributed by atoms with van der Waals surface area (Å²) in [5.41, 5.74) is 5.67. The van der Waals surface area contributed by atoms with E-state index in [0.29, 0.717) is 24.4 Å². The van der Waals surface area contributed by atoms with Gasteiger partial charge in [0.1, 0.15) is 12.0 Å². The number of methoxy groups -OCH3 is 1. The predicted octanol–water partition coefficient (Wildman–Crippen LogP) is 4.26. The second kappa shape index (κ2) is 8.85. The van der Waals surface area contributed by atoms with Gasteiger partial charge in [-0.2, -0.15) is 0 Å². The molecule has 1 aliphatic rings. The zero-order chi connectivity index (χ0) is 20.1. The van der Waals surface area contributed by atoms with Crippen LogP contribution in [0.2, 0.25) is 0 Å². The quantitative estimate of drug-likeness (QED) is 0.423. The first-order valence-corrected chi connectivity index (χ1v) is 9.45. The number of ether oxygens (including phenoxy) is 2. The lowest BCUT2D eigenvalue weighted by atomic mass is 9.92. The number of allylic oxidation sites excluding steroid dienone is 1. The van der Waals surface area contributed by atoms with Crippen molar-refractivity contribution in [2.75, 3.05) is 25.6 Å². The molecule has 146 valence electrons. The fourth-order valence-corrected chi connectivity index (χ4v) is 3.40. The fraction of sp³-hybridized carbons (Fsp3) is 0.304. The van der Waals surface area contributed by atoms with Crippen molar-refractivity contribution in [3.8, 4) is 16.9 Å². The minimum Gasteiger partial charge on any atom is -0.494 e. The monoisotopic (exact) mass is 379 g/mol. The largest absolute Gasteiger partial charge is 0.494 e. The number of aryl methyl sites for hydroxylation is 1. The Balaban J connectivity index is 1.93. The number of nitrogens with one attached hydrogen (secondary N) is 1. The summed E-state index contributed by atoms with van der Waals surface area (Å²) in [4.78, 5) is 23.5. The molecule has 5 heteroatoms. The van der Waals surface area contributed by atoms with E-state index in [1.54, 1.807) is 14.0 Å². The molecule has 0 bridgehead atoms. The third-order valence-electron chi connectivity index (χ3n) is 4.87. The number of carbonyl (C=O) groups is 2. The van der Waals surface area contributed by atoms with Crippen molar-refractivity contribution in [3.63, 3.8) is 0 Å². The Morgan fingerprint density at radius 1 is 1.11 bits per heavy atom. The SMILES string of the molecule is CCc1cc2c(cc1-c1ccc(OCCCOC)cc1)/C(=C(/C)C=O)C(=O)N2. The molecule has 0 atom stereocenters. The Bertz CT molecular complexity index is 913.